The number of fused-ring (bicyclic) bond motifs is 2. The second-order valence-corrected chi connectivity index (χ2v) is 7.69. The minimum Gasteiger partial charge on any atom is -0.385 e. The quantitative estimate of drug-likeness (QED) is 0.835. The summed E-state index contributed by atoms with van der Waals surface area (Å²) in [5, 5.41) is 11.4. The van der Waals surface area contributed by atoms with E-state index in [1.807, 2.05) is 30.3 Å². The highest BCUT2D eigenvalue weighted by atomic mass is 19.3. The van der Waals surface area contributed by atoms with Crippen molar-refractivity contribution in [2.24, 2.45) is 47.3 Å². The second kappa shape index (κ2) is 2.70. The molecule has 0 heterocycles. The largest absolute Gasteiger partial charge is 0.385 e. The molecular weight excluding hydrogens is 258 g/mol. The van der Waals surface area contributed by atoms with Crippen LogP contribution in [0.4, 0.5) is 8.78 Å². The van der Waals surface area contributed by atoms with Crippen molar-refractivity contribution < 1.29 is 13.9 Å². The lowest BCUT2D eigenvalue weighted by molar-refractivity contribution is -0.238. The third kappa shape index (κ3) is 0.739. The molecule has 3 heteroatoms. The monoisotopic (exact) mass is 274 g/mol. The number of rotatable bonds is 1. The average molecular weight is 274 g/mol. The van der Waals surface area contributed by atoms with Gasteiger partial charge < -0.3 is 5.11 Å². The molecule has 5 aliphatic rings. The third-order valence-electron chi connectivity index (χ3n) is 7.64. The zero-order valence-electron chi connectivity index (χ0n) is 10.9. The summed E-state index contributed by atoms with van der Waals surface area (Å²) < 4.78 is 29.3. The summed E-state index contributed by atoms with van der Waals surface area (Å²) in [6.45, 7) is 0. The van der Waals surface area contributed by atoms with E-state index in [-0.39, 0.29) is 23.7 Å². The van der Waals surface area contributed by atoms with Crippen molar-refractivity contribution in [2.75, 3.05) is 0 Å². The Morgan fingerprint density at radius 2 is 1.55 bits per heavy atom. The lowest BCUT2D eigenvalue weighted by Crippen LogP contribution is -2.59. The molecule has 5 saturated carbocycles. The first-order chi connectivity index (χ1) is 9.58. The van der Waals surface area contributed by atoms with E-state index in [2.05, 4.69) is 0 Å². The predicted octanol–water partition coefficient (Wildman–Crippen LogP) is 2.90. The fourth-order valence-corrected chi connectivity index (χ4v) is 7.57. The Morgan fingerprint density at radius 1 is 0.900 bits per heavy atom. The van der Waals surface area contributed by atoms with Crippen molar-refractivity contribution in [1.29, 1.82) is 0 Å². The van der Waals surface area contributed by atoms with E-state index >= 15 is 0 Å². The normalized spacial score (nSPS) is 62.1. The fourth-order valence-electron chi connectivity index (χ4n) is 7.57. The van der Waals surface area contributed by atoms with Crippen LogP contribution < -0.4 is 0 Å². The lowest BCUT2D eigenvalue weighted by atomic mass is 9.54. The number of halogens is 2. The molecule has 0 spiro atoms. The van der Waals surface area contributed by atoms with Gasteiger partial charge in [0.15, 0.2) is 0 Å². The molecule has 5 aliphatic carbocycles. The van der Waals surface area contributed by atoms with Crippen molar-refractivity contribution in [3.63, 3.8) is 0 Å². The molecule has 2 bridgehead atoms. The number of aliphatic hydroxyl groups is 1. The van der Waals surface area contributed by atoms with Crippen LogP contribution in [-0.2, 0) is 5.60 Å². The Balaban J connectivity index is 1.62. The molecule has 5 fully saturated rings. The lowest BCUT2D eigenvalue weighted by Gasteiger charge is -2.54. The third-order valence-corrected chi connectivity index (χ3v) is 7.64. The number of benzene rings is 1. The molecule has 1 N–H and O–H groups in total. The van der Waals surface area contributed by atoms with E-state index in [9.17, 15) is 13.9 Å². The van der Waals surface area contributed by atoms with E-state index in [1.54, 1.807) is 0 Å². The second-order valence-electron chi connectivity index (χ2n) is 7.69. The van der Waals surface area contributed by atoms with Gasteiger partial charge in [-0.15, -0.1) is 0 Å². The molecule has 1 aromatic carbocycles. The molecule has 20 heavy (non-hydrogen) atoms. The summed E-state index contributed by atoms with van der Waals surface area (Å²) >= 11 is 0. The van der Waals surface area contributed by atoms with Crippen molar-refractivity contribution in [3.8, 4) is 0 Å². The Hall–Kier alpha value is -0.960. The molecule has 1 nitrogen and oxygen atoms in total. The van der Waals surface area contributed by atoms with Gasteiger partial charge in [-0.25, -0.2) is 8.78 Å². The maximum atomic E-state index is 14.6. The Morgan fingerprint density at radius 3 is 2.30 bits per heavy atom. The van der Waals surface area contributed by atoms with E-state index in [1.165, 1.54) is 0 Å². The summed E-state index contributed by atoms with van der Waals surface area (Å²) in [5.41, 5.74) is -0.0935. The van der Waals surface area contributed by atoms with Gasteiger partial charge in [-0.1, -0.05) is 30.3 Å². The maximum Gasteiger partial charge on any atom is 0.255 e. The fraction of sp³-hybridized carbons (Fsp3) is 0.647. The van der Waals surface area contributed by atoms with Crippen LogP contribution in [0.5, 0.6) is 0 Å². The minimum atomic E-state index is -2.52. The topological polar surface area (TPSA) is 20.2 Å². The van der Waals surface area contributed by atoms with Crippen molar-refractivity contribution in [2.45, 2.75) is 17.9 Å². The Bertz CT molecular complexity index is 629. The van der Waals surface area contributed by atoms with Crippen LogP contribution in [-0.4, -0.2) is 11.0 Å². The van der Waals surface area contributed by atoms with Gasteiger partial charge in [-0.05, 0) is 35.7 Å². The van der Waals surface area contributed by atoms with Crippen LogP contribution in [0.2, 0.25) is 0 Å². The van der Waals surface area contributed by atoms with Crippen LogP contribution in [0.1, 0.15) is 12.0 Å². The number of hydrogen-bond acceptors (Lipinski definition) is 1. The van der Waals surface area contributed by atoms with Crippen LogP contribution in [0.25, 0.3) is 0 Å². The van der Waals surface area contributed by atoms with Gasteiger partial charge in [0, 0.05) is 23.7 Å². The minimum absolute atomic E-state index is 0.191. The first-order valence-electron chi connectivity index (χ1n) is 7.73. The van der Waals surface area contributed by atoms with E-state index in [0.717, 1.165) is 12.0 Å². The van der Waals surface area contributed by atoms with Crippen LogP contribution in [0.3, 0.4) is 0 Å². The first kappa shape index (κ1) is 10.7. The Kier molecular flexibility index (Phi) is 1.45. The highest BCUT2D eigenvalue weighted by Gasteiger charge is 2.92. The molecule has 0 saturated heterocycles. The van der Waals surface area contributed by atoms with Crippen LogP contribution in [0.15, 0.2) is 30.3 Å². The SMILES string of the molecule is O[C@@]1(c2ccccc2)[C@@H]2[C@H]3C[C@H]4[C@@H]5[C@@H]3[C@@H]1[C@@H]5C(F)(F)[C@H]42. The summed E-state index contributed by atoms with van der Waals surface area (Å²) in [6, 6.07) is 9.62. The summed E-state index contributed by atoms with van der Waals surface area (Å²) in [7, 11) is 0. The van der Waals surface area contributed by atoms with E-state index in [4.69, 9.17) is 0 Å². The summed E-state index contributed by atoms with van der Waals surface area (Å²) in [4.78, 5) is 0. The van der Waals surface area contributed by atoms with Gasteiger partial charge in [-0.3, -0.25) is 0 Å². The highest BCUT2D eigenvalue weighted by molar-refractivity contribution is 5.41. The van der Waals surface area contributed by atoms with Gasteiger partial charge in [0.05, 0.1) is 5.60 Å². The molecule has 0 unspecified atom stereocenters. The zero-order chi connectivity index (χ0) is 13.4. The maximum absolute atomic E-state index is 14.6. The van der Waals surface area contributed by atoms with Gasteiger partial charge in [0.1, 0.15) is 0 Å². The Labute approximate surface area is 116 Å². The van der Waals surface area contributed by atoms with E-state index < -0.39 is 23.4 Å². The van der Waals surface area contributed by atoms with Crippen LogP contribution in [0, 0.1) is 47.3 Å². The molecule has 0 aliphatic heterocycles. The standard InChI is InChI=1S/C17H16F2O/c18-17(19)13-9-6-8-10-11(9)15(17)14(10)16(20,12(8)13)7-4-2-1-3-5-7/h1-5,8-15,20H,6H2/t8-,9-,10+,11+,12+,13+,14+,15+,16-/m0/s1. The first-order valence-corrected chi connectivity index (χ1v) is 7.73. The van der Waals surface area contributed by atoms with Gasteiger partial charge in [-0.2, -0.15) is 0 Å². The average Bonchev–Trinajstić information content (AvgIpc) is 2.91. The summed E-state index contributed by atoms with van der Waals surface area (Å²) in [6.07, 6.45) is 0.947. The molecule has 0 aromatic heterocycles. The summed E-state index contributed by atoms with van der Waals surface area (Å²) in [5.74, 6) is -2.85. The number of hydrogen-bond donors (Lipinski definition) is 1. The molecule has 104 valence electrons. The molecule has 1 aromatic rings. The molecule has 9 atom stereocenters. The van der Waals surface area contributed by atoms with Gasteiger partial charge >= 0.3 is 0 Å². The molecule has 6 rings (SSSR count). The van der Waals surface area contributed by atoms with Crippen molar-refractivity contribution in [1.82, 2.24) is 0 Å². The van der Waals surface area contributed by atoms with E-state index in [0.29, 0.717) is 11.8 Å². The smallest absolute Gasteiger partial charge is 0.255 e. The van der Waals surface area contributed by atoms with Gasteiger partial charge in [0.2, 0.25) is 0 Å². The zero-order valence-corrected chi connectivity index (χ0v) is 10.9. The van der Waals surface area contributed by atoms with Crippen LogP contribution >= 0.6 is 0 Å². The highest BCUT2D eigenvalue weighted by Crippen LogP contribution is 2.89. The van der Waals surface area contributed by atoms with Gasteiger partial charge in [0.25, 0.3) is 5.92 Å². The molecule has 0 radical (unpaired) electrons. The molecule has 0 amide bonds. The predicted molar refractivity (Wildman–Crippen MR) is 67.8 cm³/mol. The van der Waals surface area contributed by atoms with Crippen molar-refractivity contribution >= 4 is 0 Å². The van der Waals surface area contributed by atoms with Crippen molar-refractivity contribution in [3.05, 3.63) is 35.9 Å². The molecular formula is C17H16F2O. The number of alkyl halides is 2.